The summed E-state index contributed by atoms with van der Waals surface area (Å²) in [6.07, 6.45) is 0.939. The van der Waals surface area contributed by atoms with Crippen LogP contribution >= 0.6 is 11.3 Å². The standard InChI is InChI=1S/C15H18N2O2S/c1-10(8-12-4-3-7-20-12)17(2)14-6-5-11(15(18)19)9-13(14)16/h3-7,9-10H,8,16H2,1-2H3,(H,18,19). The molecule has 1 unspecified atom stereocenters. The van der Waals surface area contributed by atoms with Crippen molar-refractivity contribution in [3.63, 3.8) is 0 Å². The summed E-state index contributed by atoms with van der Waals surface area (Å²) in [5, 5.41) is 11.0. The second kappa shape index (κ2) is 5.96. The molecule has 0 aliphatic heterocycles. The molecule has 1 heterocycles. The highest BCUT2D eigenvalue weighted by Crippen LogP contribution is 2.26. The van der Waals surface area contributed by atoms with E-state index in [-0.39, 0.29) is 11.6 Å². The fourth-order valence-corrected chi connectivity index (χ4v) is 2.93. The van der Waals surface area contributed by atoms with E-state index in [0.29, 0.717) is 5.69 Å². The van der Waals surface area contributed by atoms with Gasteiger partial charge in [0.1, 0.15) is 0 Å². The van der Waals surface area contributed by atoms with Gasteiger partial charge >= 0.3 is 5.97 Å². The lowest BCUT2D eigenvalue weighted by Gasteiger charge is -2.28. The van der Waals surface area contributed by atoms with Gasteiger partial charge in [-0.2, -0.15) is 0 Å². The molecule has 2 rings (SSSR count). The Morgan fingerprint density at radius 3 is 2.75 bits per heavy atom. The number of nitrogens with two attached hydrogens (primary N) is 1. The van der Waals surface area contributed by atoms with Crippen LogP contribution in [0.1, 0.15) is 22.2 Å². The summed E-state index contributed by atoms with van der Waals surface area (Å²) in [4.78, 5) is 14.3. The Hall–Kier alpha value is -2.01. The molecule has 0 saturated carbocycles. The topological polar surface area (TPSA) is 66.6 Å². The van der Waals surface area contributed by atoms with Crippen LogP contribution in [0.25, 0.3) is 0 Å². The predicted octanol–water partition coefficient (Wildman–Crippen LogP) is 3.10. The maximum Gasteiger partial charge on any atom is 0.335 e. The molecule has 0 saturated heterocycles. The smallest absolute Gasteiger partial charge is 0.335 e. The second-order valence-corrected chi connectivity index (χ2v) is 5.85. The number of hydrogen-bond donors (Lipinski definition) is 2. The van der Waals surface area contributed by atoms with E-state index in [2.05, 4.69) is 23.3 Å². The first kappa shape index (κ1) is 14.4. The number of hydrogen-bond acceptors (Lipinski definition) is 4. The number of thiophene rings is 1. The number of nitrogens with zero attached hydrogens (tertiary/aromatic N) is 1. The van der Waals surface area contributed by atoms with E-state index in [0.717, 1.165) is 12.1 Å². The normalized spacial score (nSPS) is 12.1. The molecule has 1 aromatic carbocycles. The number of aromatic carboxylic acids is 1. The van der Waals surface area contributed by atoms with Crippen LogP contribution in [0.5, 0.6) is 0 Å². The predicted molar refractivity (Wildman–Crippen MR) is 83.7 cm³/mol. The zero-order valence-corrected chi connectivity index (χ0v) is 12.4. The van der Waals surface area contributed by atoms with Crippen molar-refractivity contribution in [2.75, 3.05) is 17.7 Å². The molecule has 4 nitrogen and oxygen atoms in total. The summed E-state index contributed by atoms with van der Waals surface area (Å²) in [5.41, 5.74) is 7.53. The number of carboxylic acid groups (broad SMARTS) is 1. The van der Waals surface area contributed by atoms with E-state index < -0.39 is 5.97 Å². The van der Waals surface area contributed by atoms with Crippen molar-refractivity contribution in [3.8, 4) is 0 Å². The Kier molecular flexibility index (Phi) is 4.29. The van der Waals surface area contributed by atoms with Crippen LogP contribution in [0.4, 0.5) is 11.4 Å². The second-order valence-electron chi connectivity index (χ2n) is 4.82. The van der Waals surface area contributed by atoms with Crippen molar-refractivity contribution in [1.82, 2.24) is 0 Å². The van der Waals surface area contributed by atoms with Gasteiger partial charge in [0.15, 0.2) is 0 Å². The summed E-state index contributed by atoms with van der Waals surface area (Å²) in [6.45, 7) is 2.13. The van der Waals surface area contributed by atoms with Crippen LogP contribution < -0.4 is 10.6 Å². The molecule has 20 heavy (non-hydrogen) atoms. The van der Waals surface area contributed by atoms with Crippen LogP contribution in [0.15, 0.2) is 35.7 Å². The molecule has 0 aliphatic carbocycles. The number of carbonyl (C=O) groups is 1. The molecule has 1 aromatic heterocycles. The van der Waals surface area contributed by atoms with Gasteiger partial charge in [0.05, 0.1) is 16.9 Å². The van der Waals surface area contributed by atoms with Gasteiger partial charge in [-0.1, -0.05) is 6.07 Å². The zero-order chi connectivity index (χ0) is 14.7. The highest BCUT2D eigenvalue weighted by atomic mass is 32.1. The molecule has 1 atom stereocenters. The Labute approximate surface area is 122 Å². The van der Waals surface area contributed by atoms with Crippen LogP contribution in [-0.2, 0) is 6.42 Å². The molecule has 0 aliphatic rings. The van der Waals surface area contributed by atoms with Crippen molar-refractivity contribution in [2.24, 2.45) is 0 Å². The number of benzene rings is 1. The van der Waals surface area contributed by atoms with Gasteiger partial charge in [-0.3, -0.25) is 0 Å². The van der Waals surface area contributed by atoms with Crippen molar-refractivity contribution >= 4 is 28.7 Å². The van der Waals surface area contributed by atoms with Crippen molar-refractivity contribution in [2.45, 2.75) is 19.4 Å². The lowest BCUT2D eigenvalue weighted by Crippen LogP contribution is -2.31. The Balaban J connectivity index is 2.16. The van der Waals surface area contributed by atoms with E-state index in [9.17, 15) is 4.79 Å². The Morgan fingerprint density at radius 2 is 2.20 bits per heavy atom. The minimum Gasteiger partial charge on any atom is -0.478 e. The first-order chi connectivity index (χ1) is 9.49. The average molecular weight is 290 g/mol. The SMILES string of the molecule is CC(Cc1cccs1)N(C)c1ccc(C(=O)O)cc1N. The monoisotopic (exact) mass is 290 g/mol. The van der Waals surface area contributed by atoms with E-state index in [1.54, 1.807) is 23.5 Å². The zero-order valence-electron chi connectivity index (χ0n) is 11.5. The van der Waals surface area contributed by atoms with Gasteiger partial charge in [0.25, 0.3) is 0 Å². The van der Waals surface area contributed by atoms with Crippen molar-refractivity contribution in [1.29, 1.82) is 0 Å². The highest BCUT2D eigenvalue weighted by Gasteiger charge is 2.15. The first-order valence-corrected chi connectivity index (χ1v) is 7.25. The summed E-state index contributed by atoms with van der Waals surface area (Å²) < 4.78 is 0. The van der Waals surface area contributed by atoms with Gasteiger partial charge in [0, 0.05) is 24.4 Å². The van der Waals surface area contributed by atoms with Gasteiger partial charge in [-0.05, 0) is 36.6 Å². The summed E-state index contributed by atoms with van der Waals surface area (Å²) in [7, 11) is 1.98. The summed E-state index contributed by atoms with van der Waals surface area (Å²) in [6, 6.07) is 9.30. The molecule has 0 fully saturated rings. The van der Waals surface area contributed by atoms with Crippen molar-refractivity contribution < 1.29 is 9.90 Å². The first-order valence-electron chi connectivity index (χ1n) is 6.37. The number of rotatable bonds is 5. The third-order valence-corrected chi connectivity index (χ3v) is 4.29. The molecule has 2 aromatic rings. The van der Waals surface area contributed by atoms with E-state index >= 15 is 0 Å². The number of nitrogen functional groups attached to an aromatic ring is 1. The third-order valence-electron chi connectivity index (χ3n) is 3.39. The molecule has 0 radical (unpaired) electrons. The number of likely N-dealkylation sites (N-methyl/N-ethyl adjacent to an activating group) is 1. The third kappa shape index (κ3) is 3.11. The van der Waals surface area contributed by atoms with E-state index in [4.69, 9.17) is 10.8 Å². The molecule has 5 heteroatoms. The molecule has 0 spiro atoms. The minimum atomic E-state index is -0.961. The molecule has 106 valence electrons. The van der Waals surface area contributed by atoms with Gasteiger partial charge in [0.2, 0.25) is 0 Å². The summed E-state index contributed by atoms with van der Waals surface area (Å²) in [5.74, 6) is -0.961. The molecular formula is C15H18N2O2S. The fourth-order valence-electron chi connectivity index (χ4n) is 2.10. The Morgan fingerprint density at radius 1 is 1.45 bits per heavy atom. The van der Waals surface area contributed by atoms with Gasteiger partial charge in [-0.25, -0.2) is 4.79 Å². The number of anilines is 2. The van der Waals surface area contributed by atoms with Crippen LogP contribution in [0, 0.1) is 0 Å². The van der Waals surface area contributed by atoms with E-state index in [1.807, 2.05) is 13.1 Å². The van der Waals surface area contributed by atoms with Gasteiger partial charge in [-0.15, -0.1) is 11.3 Å². The Bertz CT molecular complexity index is 596. The minimum absolute atomic E-state index is 0.213. The molecule has 3 N–H and O–H groups in total. The van der Waals surface area contributed by atoms with Crippen LogP contribution in [0.2, 0.25) is 0 Å². The largest absolute Gasteiger partial charge is 0.478 e. The number of carboxylic acids is 1. The summed E-state index contributed by atoms with van der Waals surface area (Å²) >= 11 is 1.74. The molecule has 0 amide bonds. The molecular weight excluding hydrogens is 272 g/mol. The lowest BCUT2D eigenvalue weighted by atomic mass is 10.1. The van der Waals surface area contributed by atoms with E-state index in [1.165, 1.54) is 10.9 Å². The van der Waals surface area contributed by atoms with Crippen molar-refractivity contribution in [3.05, 3.63) is 46.2 Å². The van der Waals surface area contributed by atoms with Gasteiger partial charge < -0.3 is 15.7 Å². The quantitative estimate of drug-likeness (QED) is 0.830. The van der Waals surface area contributed by atoms with Crippen LogP contribution in [-0.4, -0.2) is 24.2 Å². The maximum atomic E-state index is 10.9. The average Bonchev–Trinajstić information content (AvgIpc) is 2.90. The fraction of sp³-hybridized carbons (Fsp3) is 0.267. The molecule has 0 bridgehead atoms. The lowest BCUT2D eigenvalue weighted by molar-refractivity contribution is 0.0697. The van der Waals surface area contributed by atoms with Crippen LogP contribution in [0.3, 0.4) is 0 Å². The highest BCUT2D eigenvalue weighted by molar-refractivity contribution is 7.09. The maximum absolute atomic E-state index is 10.9.